The van der Waals surface area contributed by atoms with E-state index in [1.807, 2.05) is 49.7 Å². The highest BCUT2D eigenvalue weighted by Crippen LogP contribution is 2.36. The quantitative estimate of drug-likeness (QED) is 0.822. The second kappa shape index (κ2) is 8.43. The number of aromatic nitrogens is 3. The zero-order valence-electron chi connectivity index (χ0n) is 16.0. The molecule has 0 aliphatic carbocycles. The van der Waals surface area contributed by atoms with Gasteiger partial charge in [0.15, 0.2) is 0 Å². The van der Waals surface area contributed by atoms with Crippen molar-refractivity contribution in [2.45, 2.75) is 40.8 Å². The van der Waals surface area contributed by atoms with Crippen molar-refractivity contribution in [2.24, 2.45) is 0 Å². The number of hydrogen-bond donors (Lipinski definition) is 0. The average Bonchev–Trinajstić information content (AvgIpc) is 3.08. The predicted octanol–water partition coefficient (Wildman–Crippen LogP) is 4.44. The Bertz CT molecular complexity index is 861. The fourth-order valence-electron chi connectivity index (χ4n) is 3.10. The lowest BCUT2D eigenvalue weighted by Crippen LogP contribution is -2.29. The van der Waals surface area contributed by atoms with Gasteiger partial charge in [-0.3, -0.25) is 4.79 Å². The highest BCUT2D eigenvalue weighted by Gasteiger charge is 2.27. The average molecular weight is 350 g/mol. The molecule has 0 saturated heterocycles. The minimum Gasteiger partial charge on any atom is -0.308 e. The zero-order valence-corrected chi connectivity index (χ0v) is 16.0. The Hall–Kier alpha value is -2.95. The summed E-state index contributed by atoms with van der Waals surface area (Å²) < 4.78 is 1.88. The Balaban J connectivity index is 0.00000117. The van der Waals surface area contributed by atoms with Crippen LogP contribution in [-0.4, -0.2) is 25.8 Å². The third-order valence-electron chi connectivity index (χ3n) is 4.24. The number of allylic oxidation sites excluding steroid dienone is 3. The van der Waals surface area contributed by atoms with E-state index >= 15 is 0 Å². The fraction of sp³-hybridized carbons (Fsp3) is 0.286. The van der Waals surface area contributed by atoms with Crippen molar-refractivity contribution < 1.29 is 4.79 Å². The lowest BCUT2D eigenvalue weighted by Gasteiger charge is -2.27. The number of carbonyl (C=O) groups is 1. The lowest BCUT2D eigenvalue weighted by molar-refractivity contribution is -0.127. The first kappa shape index (κ1) is 19.4. The molecule has 0 unspecified atom stereocenters. The highest BCUT2D eigenvalue weighted by atomic mass is 16.2. The third kappa shape index (κ3) is 3.25. The molecule has 2 heterocycles. The second-order valence-corrected chi connectivity index (χ2v) is 5.57. The molecule has 1 aromatic carbocycles. The molecule has 5 nitrogen and oxygen atoms in total. The van der Waals surface area contributed by atoms with Crippen molar-refractivity contribution in [1.29, 1.82) is 0 Å². The molecule has 0 atom stereocenters. The van der Waals surface area contributed by atoms with Gasteiger partial charge < -0.3 is 4.90 Å². The van der Waals surface area contributed by atoms with Crippen LogP contribution in [-0.2, 0) is 17.9 Å². The SMILES string of the molecule is C=C/C1=C(\C=C)N(C(C)=O)Cc2ccccc2-c2c1nnn2CC.CC. The van der Waals surface area contributed by atoms with Crippen LogP contribution in [0.15, 0.2) is 55.3 Å². The van der Waals surface area contributed by atoms with Crippen molar-refractivity contribution in [3.63, 3.8) is 0 Å². The number of fused-ring (bicyclic) bond motifs is 3. The molecule has 2 aromatic rings. The summed E-state index contributed by atoms with van der Waals surface area (Å²) >= 11 is 0. The predicted molar refractivity (Wildman–Crippen MR) is 106 cm³/mol. The second-order valence-electron chi connectivity index (χ2n) is 5.57. The Kier molecular flexibility index (Phi) is 6.28. The lowest BCUT2D eigenvalue weighted by atomic mass is 9.95. The Morgan fingerprint density at radius 3 is 2.50 bits per heavy atom. The highest BCUT2D eigenvalue weighted by molar-refractivity contribution is 5.89. The summed E-state index contributed by atoms with van der Waals surface area (Å²) in [7, 11) is 0. The monoisotopic (exact) mass is 350 g/mol. The van der Waals surface area contributed by atoms with Gasteiger partial charge in [0.2, 0.25) is 5.91 Å². The summed E-state index contributed by atoms with van der Waals surface area (Å²) in [6, 6.07) is 8.04. The molecule has 5 heteroatoms. The van der Waals surface area contributed by atoms with Gasteiger partial charge >= 0.3 is 0 Å². The van der Waals surface area contributed by atoms with Crippen molar-refractivity contribution >= 4 is 11.5 Å². The summed E-state index contributed by atoms with van der Waals surface area (Å²) in [6.07, 6.45) is 3.40. The van der Waals surface area contributed by atoms with E-state index < -0.39 is 0 Å². The topological polar surface area (TPSA) is 51.0 Å². The van der Waals surface area contributed by atoms with Crippen LogP contribution in [0.4, 0.5) is 0 Å². The van der Waals surface area contributed by atoms with Crippen LogP contribution in [0.5, 0.6) is 0 Å². The molecule has 3 rings (SSSR count). The van der Waals surface area contributed by atoms with Gasteiger partial charge in [-0.2, -0.15) is 0 Å². The Morgan fingerprint density at radius 1 is 1.23 bits per heavy atom. The Morgan fingerprint density at radius 2 is 1.92 bits per heavy atom. The van der Waals surface area contributed by atoms with Crippen LogP contribution in [0.3, 0.4) is 0 Å². The summed E-state index contributed by atoms with van der Waals surface area (Å²) in [5.41, 5.74) is 5.23. The molecular weight excluding hydrogens is 324 g/mol. The van der Waals surface area contributed by atoms with Crippen LogP contribution >= 0.6 is 0 Å². The molecular formula is C21H26N4O. The van der Waals surface area contributed by atoms with E-state index in [2.05, 4.69) is 23.5 Å². The molecule has 0 spiro atoms. The number of aryl methyl sites for hydroxylation is 1. The van der Waals surface area contributed by atoms with Gasteiger partial charge in [-0.25, -0.2) is 4.68 Å². The molecule has 0 saturated carbocycles. The molecule has 0 radical (unpaired) electrons. The number of benzene rings is 1. The molecule has 1 aliphatic heterocycles. The number of carbonyl (C=O) groups excluding carboxylic acids is 1. The van der Waals surface area contributed by atoms with Gasteiger partial charge in [-0.1, -0.05) is 62.6 Å². The Labute approximate surface area is 155 Å². The van der Waals surface area contributed by atoms with E-state index in [0.29, 0.717) is 18.8 Å². The van der Waals surface area contributed by atoms with Crippen LogP contribution < -0.4 is 0 Å². The molecule has 1 amide bonds. The summed E-state index contributed by atoms with van der Waals surface area (Å²) in [4.78, 5) is 14.0. The first-order valence-electron chi connectivity index (χ1n) is 8.91. The molecule has 136 valence electrons. The maximum atomic E-state index is 12.2. The number of amides is 1. The molecule has 0 N–H and O–H groups in total. The third-order valence-corrected chi connectivity index (χ3v) is 4.24. The minimum absolute atomic E-state index is 0.0506. The van der Waals surface area contributed by atoms with E-state index in [1.165, 1.54) is 0 Å². The molecule has 0 bridgehead atoms. The van der Waals surface area contributed by atoms with Gasteiger partial charge in [0.05, 0.1) is 17.9 Å². The van der Waals surface area contributed by atoms with Gasteiger partial charge in [-0.15, -0.1) is 5.10 Å². The number of hydrogen-bond acceptors (Lipinski definition) is 3. The number of rotatable bonds is 3. The standard InChI is InChI=1S/C19H20N4O.C2H6/c1-5-15-17(6-2)22(13(4)24)12-14-10-8-9-11-16(14)19-18(15)20-21-23(19)7-3;1-2/h5-6,8-11H,1-2,7,12H2,3-4H3;1-2H3/b17-15-;. The van der Waals surface area contributed by atoms with Crippen molar-refractivity contribution in [3.05, 3.63) is 66.5 Å². The maximum absolute atomic E-state index is 12.2. The normalized spacial score (nSPS) is 15.6. The molecule has 0 fully saturated rings. The van der Waals surface area contributed by atoms with Gasteiger partial charge in [0.25, 0.3) is 0 Å². The molecule has 26 heavy (non-hydrogen) atoms. The molecule has 1 aliphatic rings. The van der Waals surface area contributed by atoms with Crippen LogP contribution in [0.2, 0.25) is 0 Å². The van der Waals surface area contributed by atoms with Crippen LogP contribution in [0.1, 0.15) is 39.0 Å². The minimum atomic E-state index is -0.0506. The van der Waals surface area contributed by atoms with Gasteiger partial charge in [-0.05, 0) is 18.6 Å². The first-order chi connectivity index (χ1) is 12.6. The van der Waals surface area contributed by atoms with E-state index in [1.54, 1.807) is 24.0 Å². The van der Waals surface area contributed by atoms with E-state index in [4.69, 9.17) is 0 Å². The summed E-state index contributed by atoms with van der Waals surface area (Å²) in [5, 5.41) is 8.65. The van der Waals surface area contributed by atoms with Crippen molar-refractivity contribution in [2.75, 3.05) is 0 Å². The smallest absolute Gasteiger partial charge is 0.224 e. The fourth-order valence-corrected chi connectivity index (χ4v) is 3.10. The van der Waals surface area contributed by atoms with E-state index in [9.17, 15) is 4.79 Å². The molecule has 1 aromatic heterocycles. The van der Waals surface area contributed by atoms with Crippen LogP contribution in [0.25, 0.3) is 16.8 Å². The van der Waals surface area contributed by atoms with Gasteiger partial charge in [0, 0.05) is 24.6 Å². The number of nitrogens with zero attached hydrogens (tertiary/aromatic N) is 4. The van der Waals surface area contributed by atoms with Gasteiger partial charge in [0.1, 0.15) is 5.69 Å². The summed E-state index contributed by atoms with van der Waals surface area (Å²) in [5.74, 6) is -0.0506. The van der Waals surface area contributed by atoms with Crippen molar-refractivity contribution in [3.8, 4) is 11.3 Å². The van der Waals surface area contributed by atoms with Crippen LogP contribution in [0, 0.1) is 0 Å². The van der Waals surface area contributed by atoms with E-state index in [0.717, 1.165) is 28.1 Å². The van der Waals surface area contributed by atoms with Crippen molar-refractivity contribution in [1.82, 2.24) is 19.9 Å². The maximum Gasteiger partial charge on any atom is 0.224 e. The largest absolute Gasteiger partial charge is 0.308 e. The van der Waals surface area contributed by atoms with E-state index in [-0.39, 0.29) is 5.91 Å². The zero-order chi connectivity index (χ0) is 19.3. The first-order valence-corrected chi connectivity index (χ1v) is 8.91. The summed E-state index contributed by atoms with van der Waals surface area (Å²) in [6.45, 7) is 16.6.